The highest BCUT2D eigenvalue weighted by Crippen LogP contribution is 2.35. The summed E-state index contributed by atoms with van der Waals surface area (Å²) < 4.78 is 28.9. The molecule has 1 saturated heterocycles. The van der Waals surface area contributed by atoms with Crippen LogP contribution >= 0.6 is 11.3 Å². The zero-order chi connectivity index (χ0) is 24.7. The molecule has 0 aliphatic carbocycles. The third-order valence-electron chi connectivity index (χ3n) is 5.71. The summed E-state index contributed by atoms with van der Waals surface area (Å²) in [6, 6.07) is 12.0. The van der Waals surface area contributed by atoms with E-state index < -0.39 is 0 Å². The smallest absolute Gasteiger partial charge is 0.253 e. The molecule has 1 amide bonds. The molecule has 4 aromatic rings. The van der Waals surface area contributed by atoms with E-state index in [0.717, 1.165) is 5.13 Å². The Kier molecular flexibility index (Phi) is 5.92. The summed E-state index contributed by atoms with van der Waals surface area (Å²) in [7, 11) is 0. The highest BCUT2D eigenvalue weighted by Gasteiger charge is 2.27. The molecule has 35 heavy (non-hydrogen) atoms. The standard InChI is InChI=1S/C25H26F2N6OS/c1-25(2,3)29-21-20(17-5-4-6-19(27)15-17)28-23-33(21)30-24(35-23)32-13-11-31(12-14-32)22(34)16-7-9-18(26)10-8-16/h4-10,15,29H,11-14H2,1-3H3. The first kappa shape index (κ1) is 23.2. The number of rotatable bonds is 4. The van der Waals surface area contributed by atoms with Crippen molar-refractivity contribution < 1.29 is 13.6 Å². The van der Waals surface area contributed by atoms with Crippen LogP contribution in [0.5, 0.6) is 0 Å². The van der Waals surface area contributed by atoms with E-state index in [0.29, 0.717) is 53.8 Å². The first-order chi connectivity index (χ1) is 16.7. The number of carbonyl (C=O) groups excluding carboxylic acids is 1. The normalized spacial score (nSPS) is 14.5. The van der Waals surface area contributed by atoms with Gasteiger partial charge in [-0.15, -0.1) is 5.10 Å². The van der Waals surface area contributed by atoms with Gasteiger partial charge < -0.3 is 15.1 Å². The molecule has 1 aliphatic heterocycles. The maximum atomic E-state index is 13.9. The molecule has 10 heteroatoms. The van der Waals surface area contributed by atoms with Gasteiger partial charge >= 0.3 is 0 Å². The molecule has 0 unspecified atom stereocenters. The summed E-state index contributed by atoms with van der Waals surface area (Å²) in [6.07, 6.45) is 0. The number of hydrogen-bond acceptors (Lipinski definition) is 6. The lowest BCUT2D eigenvalue weighted by atomic mass is 10.1. The molecule has 0 saturated carbocycles. The quantitative estimate of drug-likeness (QED) is 0.435. The van der Waals surface area contributed by atoms with Gasteiger partial charge in [0.1, 0.15) is 17.3 Å². The highest BCUT2D eigenvalue weighted by molar-refractivity contribution is 7.20. The van der Waals surface area contributed by atoms with E-state index in [4.69, 9.17) is 10.1 Å². The van der Waals surface area contributed by atoms with Gasteiger partial charge in [0, 0.05) is 42.8 Å². The van der Waals surface area contributed by atoms with E-state index >= 15 is 0 Å². The van der Waals surface area contributed by atoms with Gasteiger partial charge in [-0.25, -0.2) is 13.8 Å². The molecular formula is C25H26F2N6OS. The number of carbonyl (C=O) groups is 1. The Balaban J connectivity index is 1.38. The monoisotopic (exact) mass is 496 g/mol. The van der Waals surface area contributed by atoms with Gasteiger partial charge in [0.25, 0.3) is 5.91 Å². The SMILES string of the molecule is CC(C)(C)Nc1c(-c2cccc(F)c2)nc2sc(N3CCN(C(=O)c4ccc(F)cc4)CC3)nn12. The maximum absolute atomic E-state index is 13.9. The molecule has 2 aromatic carbocycles. The molecule has 1 N–H and O–H groups in total. The summed E-state index contributed by atoms with van der Waals surface area (Å²) in [4.78, 5) is 22.1. The predicted octanol–water partition coefficient (Wildman–Crippen LogP) is 4.91. The van der Waals surface area contributed by atoms with Crippen molar-refractivity contribution in [2.24, 2.45) is 0 Å². The van der Waals surface area contributed by atoms with Crippen LogP contribution in [-0.2, 0) is 0 Å². The fraction of sp³-hybridized carbons (Fsp3) is 0.320. The number of piperazine rings is 1. The van der Waals surface area contributed by atoms with E-state index in [1.54, 1.807) is 15.5 Å². The van der Waals surface area contributed by atoms with Crippen LogP contribution in [0.4, 0.5) is 19.7 Å². The van der Waals surface area contributed by atoms with Gasteiger partial charge in [-0.3, -0.25) is 4.79 Å². The molecule has 0 atom stereocenters. The summed E-state index contributed by atoms with van der Waals surface area (Å²) in [5, 5.41) is 9.11. The molecule has 5 rings (SSSR count). The molecule has 0 bridgehead atoms. The van der Waals surface area contributed by atoms with Gasteiger partial charge in [-0.05, 0) is 57.2 Å². The van der Waals surface area contributed by atoms with Crippen molar-refractivity contribution in [1.29, 1.82) is 0 Å². The number of benzene rings is 2. The van der Waals surface area contributed by atoms with Crippen molar-refractivity contribution in [2.75, 3.05) is 36.4 Å². The minimum Gasteiger partial charge on any atom is -0.364 e. The summed E-state index contributed by atoms with van der Waals surface area (Å²) >= 11 is 1.46. The number of nitrogens with one attached hydrogen (secondary N) is 1. The number of amides is 1. The Bertz CT molecular complexity index is 1370. The van der Waals surface area contributed by atoms with Crippen LogP contribution < -0.4 is 10.2 Å². The lowest BCUT2D eigenvalue weighted by Gasteiger charge is -2.34. The number of aromatic nitrogens is 3. The summed E-state index contributed by atoms with van der Waals surface area (Å²) in [5.74, 6) is -0.0657. The second-order valence-electron chi connectivity index (χ2n) is 9.56. The molecule has 3 heterocycles. The van der Waals surface area contributed by atoms with Crippen molar-refractivity contribution in [1.82, 2.24) is 19.5 Å². The van der Waals surface area contributed by atoms with Crippen LogP contribution in [0.25, 0.3) is 16.2 Å². The van der Waals surface area contributed by atoms with Crippen LogP contribution in [0.3, 0.4) is 0 Å². The Morgan fingerprint density at radius 1 is 1.00 bits per heavy atom. The Hall–Kier alpha value is -3.53. The molecule has 0 radical (unpaired) electrons. The van der Waals surface area contributed by atoms with Crippen molar-refractivity contribution in [2.45, 2.75) is 26.3 Å². The number of imidazole rings is 1. The van der Waals surface area contributed by atoms with E-state index in [1.807, 2.05) is 26.8 Å². The van der Waals surface area contributed by atoms with E-state index in [9.17, 15) is 13.6 Å². The van der Waals surface area contributed by atoms with E-state index in [-0.39, 0.29) is 23.1 Å². The van der Waals surface area contributed by atoms with Crippen molar-refractivity contribution in [3.63, 3.8) is 0 Å². The fourth-order valence-electron chi connectivity index (χ4n) is 4.05. The van der Waals surface area contributed by atoms with Crippen LogP contribution in [0.2, 0.25) is 0 Å². The van der Waals surface area contributed by atoms with Crippen LogP contribution in [0.1, 0.15) is 31.1 Å². The Labute approximate surface area is 206 Å². The Morgan fingerprint density at radius 3 is 2.37 bits per heavy atom. The highest BCUT2D eigenvalue weighted by atomic mass is 32.1. The molecule has 1 fully saturated rings. The van der Waals surface area contributed by atoms with Gasteiger partial charge in [-0.2, -0.15) is 4.52 Å². The van der Waals surface area contributed by atoms with Gasteiger partial charge in [-0.1, -0.05) is 23.5 Å². The summed E-state index contributed by atoms with van der Waals surface area (Å²) in [5.41, 5.74) is 1.56. The van der Waals surface area contributed by atoms with Crippen molar-refractivity contribution in [3.05, 3.63) is 65.7 Å². The Morgan fingerprint density at radius 2 is 1.71 bits per heavy atom. The second-order valence-corrected chi connectivity index (χ2v) is 10.5. The van der Waals surface area contributed by atoms with Crippen LogP contribution in [0.15, 0.2) is 48.5 Å². The molecular weight excluding hydrogens is 470 g/mol. The van der Waals surface area contributed by atoms with Crippen molar-refractivity contribution >= 4 is 33.2 Å². The second kappa shape index (κ2) is 8.92. The zero-order valence-corrected chi connectivity index (χ0v) is 20.6. The van der Waals surface area contributed by atoms with E-state index in [1.165, 1.54) is 47.7 Å². The van der Waals surface area contributed by atoms with Gasteiger partial charge in [0.05, 0.1) is 0 Å². The average Bonchev–Trinajstić information content (AvgIpc) is 3.38. The van der Waals surface area contributed by atoms with E-state index in [2.05, 4.69) is 10.2 Å². The lowest BCUT2D eigenvalue weighted by molar-refractivity contribution is 0.0746. The molecule has 1 aliphatic rings. The third kappa shape index (κ3) is 4.84. The number of nitrogens with zero attached hydrogens (tertiary/aromatic N) is 5. The third-order valence-corrected chi connectivity index (χ3v) is 6.68. The topological polar surface area (TPSA) is 65.8 Å². The molecule has 2 aromatic heterocycles. The lowest BCUT2D eigenvalue weighted by Crippen LogP contribution is -2.48. The van der Waals surface area contributed by atoms with Crippen molar-refractivity contribution in [3.8, 4) is 11.3 Å². The first-order valence-corrected chi connectivity index (χ1v) is 12.2. The largest absolute Gasteiger partial charge is 0.364 e. The van der Waals surface area contributed by atoms with Gasteiger partial charge in [0.2, 0.25) is 10.1 Å². The predicted molar refractivity (Wildman–Crippen MR) is 134 cm³/mol. The average molecular weight is 497 g/mol. The van der Waals surface area contributed by atoms with Crippen LogP contribution in [0, 0.1) is 11.6 Å². The first-order valence-electron chi connectivity index (χ1n) is 11.4. The molecule has 7 nitrogen and oxygen atoms in total. The van der Waals surface area contributed by atoms with Crippen LogP contribution in [-0.4, -0.2) is 57.1 Å². The maximum Gasteiger partial charge on any atom is 0.253 e. The number of hydrogen-bond donors (Lipinski definition) is 1. The minimum atomic E-state index is -0.360. The minimum absolute atomic E-state index is 0.102. The zero-order valence-electron chi connectivity index (χ0n) is 19.8. The van der Waals surface area contributed by atoms with Gasteiger partial charge in [0.15, 0.2) is 5.82 Å². The summed E-state index contributed by atoms with van der Waals surface area (Å²) in [6.45, 7) is 8.48. The number of fused-ring (bicyclic) bond motifs is 1. The number of anilines is 2. The fourth-order valence-corrected chi connectivity index (χ4v) is 5.00. The number of halogens is 2. The molecule has 0 spiro atoms. The molecule has 182 valence electrons.